The fourth-order valence-electron chi connectivity index (χ4n) is 2.09. The third kappa shape index (κ3) is 4.58. The summed E-state index contributed by atoms with van der Waals surface area (Å²) in [5.74, 6) is 1.59. The van der Waals surface area contributed by atoms with E-state index in [2.05, 4.69) is 48.4 Å². The van der Waals surface area contributed by atoms with Gasteiger partial charge in [-0.25, -0.2) is 0 Å². The number of amides is 1. The fraction of sp³-hybridized carbons (Fsp3) is 0.471. The van der Waals surface area contributed by atoms with Gasteiger partial charge >= 0.3 is 0 Å². The lowest BCUT2D eigenvalue weighted by Crippen LogP contribution is -2.37. The van der Waals surface area contributed by atoms with E-state index in [1.807, 2.05) is 30.5 Å². The first-order valence-electron chi connectivity index (χ1n) is 7.79. The Morgan fingerprint density at radius 1 is 1.26 bits per heavy atom. The van der Waals surface area contributed by atoms with Gasteiger partial charge in [0, 0.05) is 11.7 Å². The van der Waals surface area contributed by atoms with Crippen LogP contribution in [0.15, 0.2) is 29.4 Å². The van der Waals surface area contributed by atoms with Gasteiger partial charge in [0.1, 0.15) is 5.82 Å². The van der Waals surface area contributed by atoms with Crippen LogP contribution >= 0.6 is 11.8 Å². The van der Waals surface area contributed by atoms with E-state index in [1.54, 1.807) is 0 Å². The Bertz CT molecular complexity index is 681. The van der Waals surface area contributed by atoms with Crippen molar-refractivity contribution in [1.82, 2.24) is 20.1 Å². The van der Waals surface area contributed by atoms with Crippen LogP contribution in [0, 0.1) is 19.8 Å². The Hall–Kier alpha value is -1.82. The van der Waals surface area contributed by atoms with Gasteiger partial charge < -0.3 is 5.32 Å². The Kier molecular flexibility index (Phi) is 5.82. The van der Waals surface area contributed by atoms with Crippen LogP contribution < -0.4 is 5.32 Å². The third-order valence-electron chi connectivity index (χ3n) is 3.78. The lowest BCUT2D eigenvalue weighted by molar-refractivity contribution is -0.119. The van der Waals surface area contributed by atoms with Crippen LogP contribution in [0.3, 0.4) is 0 Å². The molecule has 0 saturated heterocycles. The highest BCUT2D eigenvalue weighted by molar-refractivity contribution is 7.99. The van der Waals surface area contributed by atoms with E-state index < -0.39 is 0 Å². The summed E-state index contributed by atoms with van der Waals surface area (Å²) < 4.78 is 1.98. The standard InChI is InChI=1S/C17H24N4OS/c1-11(2)13(4)18-16(22)10-23-17-20-19-14(5)21(17)15-8-6-7-12(3)9-15/h6-9,11,13H,10H2,1-5H3,(H,18,22)/t13-/m0/s1. The molecule has 1 aromatic heterocycles. The topological polar surface area (TPSA) is 59.8 Å². The molecule has 0 fully saturated rings. The number of hydrogen-bond donors (Lipinski definition) is 1. The molecule has 1 heterocycles. The van der Waals surface area contributed by atoms with Crippen LogP contribution in [0.4, 0.5) is 0 Å². The first kappa shape index (κ1) is 17.5. The van der Waals surface area contributed by atoms with E-state index in [4.69, 9.17) is 0 Å². The number of hydrogen-bond acceptors (Lipinski definition) is 4. The minimum Gasteiger partial charge on any atom is -0.353 e. The molecular weight excluding hydrogens is 308 g/mol. The van der Waals surface area contributed by atoms with Crippen LogP contribution in [0.2, 0.25) is 0 Å². The van der Waals surface area contributed by atoms with Crippen molar-refractivity contribution in [3.63, 3.8) is 0 Å². The SMILES string of the molecule is Cc1cccc(-n2c(C)nnc2SCC(=O)N[C@@H](C)C(C)C)c1. The third-order valence-corrected chi connectivity index (χ3v) is 4.70. The fourth-order valence-corrected chi connectivity index (χ4v) is 2.90. The van der Waals surface area contributed by atoms with E-state index in [9.17, 15) is 4.79 Å². The first-order chi connectivity index (χ1) is 10.9. The predicted octanol–water partition coefficient (Wildman–Crippen LogP) is 3.14. The van der Waals surface area contributed by atoms with Gasteiger partial charge in [-0.2, -0.15) is 0 Å². The molecular formula is C17H24N4OS. The van der Waals surface area contributed by atoms with Gasteiger partial charge in [0.25, 0.3) is 0 Å². The molecule has 0 aliphatic rings. The van der Waals surface area contributed by atoms with Crippen molar-refractivity contribution in [3.05, 3.63) is 35.7 Å². The minimum atomic E-state index is 0.0210. The van der Waals surface area contributed by atoms with E-state index in [0.717, 1.165) is 16.7 Å². The zero-order valence-electron chi connectivity index (χ0n) is 14.3. The largest absolute Gasteiger partial charge is 0.353 e. The number of nitrogens with one attached hydrogen (secondary N) is 1. The molecule has 0 radical (unpaired) electrons. The maximum absolute atomic E-state index is 12.1. The van der Waals surface area contributed by atoms with Crippen molar-refractivity contribution in [2.24, 2.45) is 5.92 Å². The van der Waals surface area contributed by atoms with Crippen LogP contribution in [0.5, 0.6) is 0 Å². The minimum absolute atomic E-state index is 0.0210. The van der Waals surface area contributed by atoms with Crippen molar-refractivity contribution in [2.45, 2.75) is 45.8 Å². The molecule has 0 saturated carbocycles. The summed E-state index contributed by atoms with van der Waals surface area (Å²) in [4.78, 5) is 12.1. The Labute approximate surface area is 141 Å². The van der Waals surface area contributed by atoms with Crippen LogP contribution in [-0.4, -0.2) is 32.5 Å². The number of rotatable bonds is 6. The lowest BCUT2D eigenvalue weighted by Gasteiger charge is -2.17. The lowest BCUT2D eigenvalue weighted by atomic mass is 10.1. The Morgan fingerprint density at radius 3 is 2.65 bits per heavy atom. The number of carbonyl (C=O) groups is 1. The summed E-state index contributed by atoms with van der Waals surface area (Å²) >= 11 is 1.41. The van der Waals surface area contributed by atoms with Gasteiger partial charge in [-0.05, 0) is 44.4 Å². The van der Waals surface area contributed by atoms with Gasteiger partial charge in [-0.1, -0.05) is 37.7 Å². The predicted molar refractivity (Wildman–Crippen MR) is 94.0 cm³/mol. The van der Waals surface area contributed by atoms with Gasteiger partial charge in [0.15, 0.2) is 5.16 Å². The molecule has 1 atom stereocenters. The summed E-state index contributed by atoms with van der Waals surface area (Å²) in [5, 5.41) is 12.1. The second kappa shape index (κ2) is 7.64. The van der Waals surface area contributed by atoms with Gasteiger partial charge in [-0.3, -0.25) is 9.36 Å². The van der Waals surface area contributed by atoms with Crippen molar-refractivity contribution < 1.29 is 4.79 Å². The summed E-state index contributed by atoms with van der Waals surface area (Å²) in [7, 11) is 0. The van der Waals surface area contributed by atoms with Crippen LogP contribution in [-0.2, 0) is 4.79 Å². The van der Waals surface area contributed by atoms with Crippen molar-refractivity contribution in [3.8, 4) is 5.69 Å². The average molecular weight is 332 g/mol. The molecule has 23 heavy (non-hydrogen) atoms. The Morgan fingerprint density at radius 2 is 2.00 bits per heavy atom. The van der Waals surface area contributed by atoms with E-state index in [1.165, 1.54) is 17.3 Å². The summed E-state index contributed by atoms with van der Waals surface area (Å²) in [5.41, 5.74) is 2.20. The van der Waals surface area contributed by atoms with Crippen molar-refractivity contribution >= 4 is 17.7 Å². The molecule has 6 heteroatoms. The highest BCUT2D eigenvalue weighted by atomic mass is 32.2. The molecule has 5 nitrogen and oxygen atoms in total. The zero-order chi connectivity index (χ0) is 17.0. The number of carbonyl (C=O) groups excluding carboxylic acids is 1. The molecule has 1 aromatic carbocycles. The zero-order valence-corrected chi connectivity index (χ0v) is 15.1. The maximum Gasteiger partial charge on any atom is 0.230 e. The normalized spacial score (nSPS) is 12.4. The number of aromatic nitrogens is 3. The molecule has 2 rings (SSSR count). The molecule has 2 aromatic rings. The summed E-state index contributed by atoms with van der Waals surface area (Å²) in [6, 6.07) is 8.33. The van der Waals surface area contributed by atoms with Crippen molar-refractivity contribution in [1.29, 1.82) is 0 Å². The van der Waals surface area contributed by atoms with Crippen LogP contribution in [0.25, 0.3) is 5.69 Å². The van der Waals surface area contributed by atoms with Gasteiger partial charge in [0.05, 0.1) is 5.75 Å². The second-order valence-electron chi connectivity index (χ2n) is 6.09. The number of nitrogens with zero attached hydrogens (tertiary/aromatic N) is 3. The highest BCUT2D eigenvalue weighted by Gasteiger charge is 2.15. The van der Waals surface area contributed by atoms with E-state index >= 15 is 0 Å². The number of thioether (sulfide) groups is 1. The van der Waals surface area contributed by atoms with E-state index in [0.29, 0.717) is 11.7 Å². The molecule has 0 spiro atoms. The molecule has 0 aliphatic heterocycles. The van der Waals surface area contributed by atoms with Crippen LogP contribution in [0.1, 0.15) is 32.2 Å². The van der Waals surface area contributed by atoms with Gasteiger partial charge in [-0.15, -0.1) is 10.2 Å². The quantitative estimate of drug-likeness (QED) is 0.826. The van der Waals surface area contributed by atoms with E-state index in [-0.39, 0.29) is 11.9 Å². The maximum atomic E-state index is 12.1. The number of aryl methyl sites for hydroxylation is 2. The Balaban J connectivity index is 2.09. The average Bonchev–Trinajstić information content (AvgIpc) is 2.86. The smallest absolute Gasteiger partial charge is 0.230 e. The highest BCUT2D eigenvalue weighted by Crippen LogP contribution is 2.22. The summed E-state index contributed by atoms with van der Waals surface area (Å²) in [6.07, 6.45) is 0. The second-order valence-corrected chi connectivity index (χ2v) is 7.04. The van der Waals surface area contributed by atoms with Gasteiger partial charge in [0.2, 0.25) is 5.91 Å². The molecule has 0 bridgehead atoms. The molecule has 1 amide bonds. The first-order valence-corrected chi connectivity index (χ1v) is 8.78. The molecule has 0 aliphatic carbocycles. The monoisotopic (exact) mass is 332 g/mol. The van der Waals surface area contributed by atoms with Crippen molar-refractivity contribution in [2.75, 3.05) is 5.75 Å². The number of benzene rings is 1. The molecule has 124 valence electrons. The molecule has 1 N–H and O–H groups in total. The molecule has 0 unspecified atom stereocenters. The summed E-state index contributed by atoms with van der Waals surface area (Å²) in [6.45, 7) is 10.2.